The van der Waals surface area contributed by atoms with E-state index < -0.39 is 21.8 Å². The number of hydrogen-bond donors (Lipinski definition) is 1. The number of nitrogens with two attached hydrogens (primary N) is 1. The third-order valence-electron chi connectivity index (χ3n) is 3.12. The number of aryl methyl sites for hydroxylation is 2. The van der Waals surface area contributed by atoms with E-state index in [1.54, 1.807) is 13.8 Å². The van der Waals surface area contributed by atoms with Crippen LogP contribution < -0.4 is 5.73 Å². The van der Waals surface area contributed by atoms with Crippen LogP contribution in [0.15, 0.2) is 9.42 Å². The summed E-state index contributed by atoms with van der Waals surface area (Å²) in [6.45, 7) is 3.54. The average molecular weight is 273 g/mol. The smallest absolute Gasteiger partial charge is 0.248 e. The fourth-order valence-electron chi connectivity index (χ4n) is 2.15. The van der Waals surface area contributed by atoms with E-state index in [1.807, 2.05) is 0 Å². The highest BCUT2D eigenvalue weighted by atomic mass is 32.2. The molecule has 1 aromatic heterocycles. The Morgan fingerprint density at radius 3 is 2.61 bits per heavy atom. The van der Waals surface area contributed by atoms with E-state index in [9.17, 15) is 13.2 Å². The Balaban J connectivity index is 2.32. The fourth-order valence-corrected chi connectivity index (χ4v) is 3.94. The number of carbonyl (C=O) groups excluding carboxylic acids is 1. The Hall–Kier alpha value is -1.41. The first-order valence-electron chi connectivity index (χ1n) is 5.56. The van der Waals surface area contributed by atoms with Crippen LogP contribution in [0.25, 0.3) is 0 Å². The second-order valence-corrected chi connectivity index (χ2v) is 6.28. The third-order valence-corrected chi connectivity index (χ3v) is 5.23. The molecule has 0 radical (unpaired) electrons. The Morgan fingerprint density at radius 2 is 2.17 bits per heavy atom. The molecular weight excluding hydrogens is 258 g/mol. The minimum atomic E-state index is -3.65. The van der Waals surface area contributed by atoms with Crippen molar-refractivity contribution < 1.29 is 17.7 Å². The van der Waals surface area contributed by atoms with Gasteiger partial charge in [-0.3, -0.25) is 4.79 Å². The molecule has 2 heterocycles. The second-order valence-electron chi connectivity index (χ2n) is 4.40. The quantitative estimate of drug-likeness (QED) is 0.819. The maximum Gasteiger partial charge on any atom is 0.248 e. The largest absolute Gasteiger partial charge is 0.369 e. The number of aromatic nitrogens is 1. The summed E-state index contributed by atoms with van der Waals surface area (Å²) in [5.41, 5.74) is 5.52. The average Bonchev–Trinajstić information content (AvgIpc) is 2.85. The molecule has 1 fully saturated rings. The van der Waals surface area contributed by atoms with Crippen molar-refractivity contribution in [3.8, 4) is 0 Å². The predicted octanol–water partition coefficient (Wildman–Crippen LogP) is -0.213. The van der Waals surface area contributed by atoms with Gasteiger partial charge in [0.15, 0.2) is 5.76 Å². The van der Waals surface area contributed by atoms with Crippen LogP contribution in [0.1, 0.15) is 17.9 Å². The first kappa shape index (κ1) is 13.0. The van der Waals surface area contributed by atoms with E-state index in [1.165, 1.54) is 4.31 Å². The van der Waals surface area contributed by atoms with Gasteiger partial charge in [0.1, 0.15) is 10.6 Å². The Kier molecular flexibility index (Phi) is 3.16. The van der Waals surface area contributed by atoms with Gasteiger partial charge in [-0.2, -0.15) is 4.31 Å². The fraction of sp³-hybridized carbons (Fsp3) is 0.600. The minimum absolute atomic E-state index is 0.0904. The summed E-state index contributed by atoms with van der Waals surface area (Å²) < 4.78 is 30.9. The van der Waals surface area contributed by atoms with Crippen LogP contribution in [0.5, 0.6) is 0 Å². The van der Waals surface area contributed by atoms with Crippen LogP contribution >= 0.6 is 0 Å². The Labute approximate surface area is 105 Å². The lowest BCUT2D eigenvalue weighted by Crippen LogP contribution is -2.32. The summed E-state index contributed by atoms with van der Waals surface area (Å²) in [6.07, 6.45) is 0.456. The lowest BCUT2D eigenvalue weighted by molar-refractivity contribution is -0.121. The molecule has 0 unspecified atom stereocenters. The Morgan fingerprint density at radius 1 is 1.50 bits per heavy atom. The second kappa shape index (κ2) is 4.36. The van der Waals surface area contributed by atoms with Gasteiger partial charge in [0, 0.05) is 13.1 Å². The number of carbonyl (C=O) groups is 1. The van der Waals surface area contributed by atoms with Crippen molar-refractivity contribution in [2.75, 3.05) is 13.1 Å². The third kappa shape index (κ3) is 2.01. The maximum atomic E-state index is 12.4. The van der Waals surface area contributed by atoms with E-state index in [2.05, 4.69) is 5.16 Å². The highest BCUT2D eigenvalue weighted by Gasteiger charge is 2.37. The molecule has 1 amide bonds. The molecule has 0 spiro atoms. The van der Waals surface area contributed by atoms with Gasteiger partial charge in [0.05, 0.1) is 5.92 Å². The van der Waals surface area contributed by atoms with Crippen LogP contribution in [0.2, 0.25) is 0 Å². The van der Waals surface area contributed by atoms with Gasteiger partial charge in [-0.15, -0.1) is 0 Å². The van der Waals surface area contributed by atoms with Crippen LogP contribution in [-0.4, -0.2) is 36.9 Å². The van der Waals surface area contributed by atoms with Crippen molar-refractivity contribution >= 4 is 15.9 Å². The van der Waals surface area contributed by atoms with E-state index in [-0.39, 0.29) is 17.2 Å². The van der Waals surface area contributed by atoms with E-state index >= 15 is 0 Å². The van der Waals surface area contributed by atoms with Gasteiger partial charge in [0.25, 0.3) is 0 Å². The molecule has 1 saturated heterocycles. The highest BCUT2D eigenvalue weighted by molar-refractivity contribution is 7.89. The van der Waals surface area contributed by atoms with Crippen LogP contribution in [0, 0.1) is 19.8 Å². The lowest BCUT2D eigenvalue weighted by Gasteiger charge is -2.15. The molecule has 0 aliphatic carbocycles. The van der Waals surface area contributed by atoms with Crippen molar-refractivity contribution in [3.05, 3.63) is 11.5 Å². The molecule has 2 N–H and O–H groups in total. The molecule has 2 rings (SSSR count). The number of rotatable bonds is 3. The van der Waals surface area contributed by atoms with Gasteiger partial charge >= 0.3 is 0 Å². The van der Waals surface area contributed by atoms with Crippen LogP contribution in [-0.2, 0) is 14.8 Å². The molecule has 0 aromatic carbocycles. The summed E-state index contributed by atoms with van der Waals surface area (Å²) in [4.78, 5) is 11.2. The van der Waals surface area contributed by atoms with Gasteiger partial charge in [0.2, 0.25) is 15.9 Å². The molecule has 1 aliphatic rings. The number of nitrogens with zero attached hydrogens (tertiary/aromatic N) is 2. The van der Waals surface area contributed by atoms with Crippen LogP contribution in [0.3, 0.4) is 0 Å². The van der Waals surface area contributed by atoms with Gasteiger partial charge < -0.3 is 10.3 Å². The number of hydrogen-bond acceptors (Lipinski definition) is 5. The lowest BCUT2D eigenvalue weighted by atomic mass is 10.1. The summed E-state index contributed by atoms with van der Waals surface area (Å²) in [7, 11) is -3.65. The van der Waals surface area contributed by atoms with Crippen molar-refractivity contribution in [2.45, 2.75) is 25.2 Å². The van der Waals surface area contributed by atoms with Crippen molar-refractivity contribution in [2.24, 2.45) is 11.7 Å². The molecule has 7 nitrogen and oxygen atoms in total. The van der Waals surface area contributed by atoms with Crippen molar-refractivity contribution in [3.63, 3.8) is 0 Å². The standard InChI is InChI=1S/C10H15N3O4S/c1-6-9(7(2)17-12-6)18(15,16)13-4-3-8(5-13)10(11)14/h8H,3-5H2,1-2H3,(H2,11,14)/t8-/m0/s1. The zero-order chi connectivity index (χ0) is 13.5. The summed E-state index contributed by atoms with van der Waals surface area (Å²) in [5, 5.41) is 3.64. The molecule has 1 aromatic rings. The van der Waals surface area contributed by atoms with E-state index in [0.717, 1.165) is 0 Å². The maximum absolute atomic E-state index is 12.4. The van der Waals surface area contributed by atoms with Crippen molar-refractivity contribution in [1.82, 2.24) is 9.46 Å². The Bertz CT molecular complexity index is 558. The first-order chi connectivity index (χ1) is 8.34. The first-order valence-corrected chi connectivity index (χ1v) is 7.00. The van der Waals surface area contributed by atoms with E-state index in [4.69, 9.17) is 10.3 Å². The molecule has 0 bridgehead atoms. The van der Waals surface area contributed by atoms with Gasteiger partial charge in [-0.05, 0) is 20.3 Å². The number of amides is 1. The topological polar surface area (TPSA) is 106 Å². The number of sulfonamides is 1. The molecule has 1 aliphatic heterocycles. The predicted molar refractivity (Wildman–Crippen MR) is 62.0 cm³/mol. The zero-order valence-corrected chi connectivity index (χ0v) is 11.0. The van der Waals surface area contributed by atoms with Gasteiger partial charge in [-0.25, -0.2) is 8.42 Å². The normalized spacial score (nSPS) is 21.3. The van der Waals surface area contributed by atoms with E-state index in [0.29, 0.717) is 18.7 Å². The molecule has 8 heteroatoms. The summed E-state index contributed by atoms with van der Waals surface area (Å²) in [5.74, 6) is -0.623. The van der Waals surface area contributed by atoms with Crippen LogP contribution in [0.4, 0.5) is 0 Å². The molecule has 18 heavy (non-hydrogen) atoms. The summed E-state index contributed by atoms with van der Waals surface area (Å²) >= 11 is 0. The minimum Gasteiger partial charge on any atom is -0.369 e. The monoisotopic (exact) mass is 273 g/mol. The molecular formula is C10H15N3O4S. The zero-order valence-electron chi connectivity index (χ0n) is 10.2. The molecule has 1 atom stereocenters. The summed E-state index contributed by atoms with van der Waals surface area (Å²) in [6, 6.07) is 0. The highest BCUT2D eigenvalue weighted by Crippen LogP contribution is 2.27. The number of primary amides is 1. The van der Waals surface area contributed by atoms with Crippen molar-refractivity contribution in [1.29, 1.82) is 0 Å². The SMILES string of the molecule is Cc1noc(C)c1S(=O)(=O)N1CC[C@H](C(N)=O)C1. The van der Waals surface area contributed by atoms with Gasteiger partial charge in [-0.1, -0.05) is 5.16 Å². The molecule has 0 saturated carbocycles. The molecule has 100 valence electrons.